The monoisotopic (exact) mass is 168 g/mol. The molecular formula is C8H12N2O2. The van der Waals surface area contributed by atoms with E-state index in [0.29, 0.717) is 19.1 Å². The molecule has 0 aliphatic carbocycles. The minimum atomic E-state index is 0.508. The highest BCUT2D eigenvalue weighted by atomic mass is 16.5. The largest absolute Gasteiger partial charge is 0.474 e. The Hall–Kier alpha value is -1.16. The molecule has 0 amide bonds. The highest BCUT2D eigenvalue weighted by Crippen LogP contribution is 2.03. The first-order valence-corrected chi connectivity index (χ1v) is 3.75. The Morgan fingerprint density at radius 2 is 2.08 bits per heavy atom. The third-order valence-corrected chi connectivity index (χ3v) is 1.31. The second-order valence-corrected chi connectivity index (χ2v) is 2.35. The van der Waals surface area contributed by atoms with Crippen LogP contribution in [0.4, 0.5) is 0 Å². The summed E-state index contributed by atoms with van der Waals surface area (Å²) >= 11 is 0. The lowest BCUT2D eigenvalue weighted by atomic mass is 10.4. The number of nitrogens with zero attached hydrogens (tertiary/aromatic N) is 2. The van der Waals surface area contributed by atoms with Crippen LogP contribution in [0.3, 0.4) is 0 Å². The zero-order valence-corrected chi connectivity index (χ0v) is 7.28. The summed E-state index contributed by atoms with van der Waals surface area (Å²) in [6, 6.07) is 3.65. The number of hydrogen-bond donors (Lipinski definition) is 0. The van der Waals surface area contributed by atoms with Gasteiger partial charge in [0, 0.05) is 13.2 Å². The molecule has 0 atom stereocenters. The fourth-order valence-electron chi connectivity index (χ4n) is 0.693. The third kappa shape index (κ3) is 2.84. The molecule has 4 nitrogen and oxygen atoms in total. The Bertz CT molecular complexity index is 223. The number of hydrogen-bond acceptors (Lipinski definition) is 4. The van der Waals surface area contributed by atoms with Crippen molar-refractivity contribution in [3.8, 4) is 5.88 Å². The minimum Gasteiger partial charge on any atom is -0.474 e. The van der Waals surface area contributed by atoms with Crippen molar-refractivity contribution in [2.24, 2.45) is 0 Å². The van der Waals surface area contributed by atoms with Gasteiger partial charge in [-0.1, -0.05) is 0 Å². The molecule has 0 bridgehead atoms. The Morgan fingerprint density at radius 3 is 2.67 bits per heavy atom. The molecule has 1 rings (SSSR count). The SMILES string of the molecule is COCCOc1ccc(C)nn1. The van der Waals surface area contributed by atoms with Crippen LogP contribution >= 0.6 is 0 Å². The van der Waals surface area contributed by atoms with Gasteiger partial charge in [0.2, 0.25) is 5.88 Å². The van der Waals surface area contributed by atoms with E-state index in [4.69, 9.17) is 9.47 Å². The minimum absolute atomic E-state index is 0.508. The first-order chi connectivity index (χ1) is 5.83. The van der Waals surface area contributed by atoms with Crippen molar-refractivity contribution in [3.05, 3.63) is 17.8 Å². The van der Waals surface area contributed by atoms with Crippen molar-refractivity contribution in [1.29, 1.82) is 0 Å². The molecule has 0 saturated carbocycles. The fraction of sp³-hybridized carbons (Fsp3) is 0.500. The van der Waals surface area contributed by atoms with E-state index in [2.05, 4.69) is 10.2 Å². The maximum atomic E-state index is 5.20. The van der Waals surface area contributed by atoms with Gasteiger partial charge in [-0.25, -0.2) is 0 Å². The summed E-state index contributed by atoms with van der Waals surface area (Å²) in [7, 11) is 1.63. The molecule has 1 aromatic heterocycles. The van der Waals surface area contributed by atoms with Crippen LogP contribution in [0.5, 0.6) is 5.88 Å². The van der Waals surface area contributed by atoms with Gasteiger partial charge in [-0.15, -0.1) is 5.10 Å². The van der Waals surface area contributed by atoms with Gasteiger partial charge in [-0.05, 0) is 13.0 Å². The summed E-state index contributed by atoms with van der Waals surface area (Å²) in [5.74, 6) is 0.539. The zero-order valence-electron chi connectivity index (χ0n) is 7.28. The number of methoxy groups -OCH3 is 1. The molecule has 0 fully saturated rings. The van der Waals surface area contributed by atoms with Gasteiger partial charge in [0.1, 0.15) is 6.61 Å². The van der Waals surface area contributed by atoms with Crippen LogP contribution in [0.1, 0.15) is 5.69 Å². The van der Waals surface area contributed by atoms with Crippen LogP contribution in [0.25, 0.3) is 0 Å². The molecule has 12 heavy (non-hydrogen) atoms. The van der Waals surface area contributed by atoms with E-state index in [0.717, 1.165) is 5.69 Å². The van der Waals surface area contributed by atoms with Crippen molar-refractivity contribution >= 4 is 0 Å². The average Bonchev–Trinajstić information content (AvgIpc) is 2.09. The molecule has 4 heteroatoms. The van der Waals surface area contributed by atoms with E-state index in [-0.39, 0.29) is 0 Å². The Morgan fingerprint density at radius 1 is 1.25 bits per heavy atom. The van der Waals surface area contributed by atoms with Gasteiger partial charge in [0.05, 0.1) is 12.3 Å². The molecule has 0 aliphatic heterocycles. The zero-order chi connectivity index (χ0) is 8.81. The molecule has 0 aliphatic rings. The van der Waals surface area contributed by atoms with Crippen molar-refractivity contribution in [3.63, 3.8) is 0 Å². The normalized spacial score (nSPS) is 9.83. The Labute approximate surface area is 71.5 Å². The molecule has 1 aromatic rings. The summed E-state index contributed by atoms with van der Waals surface area (Å²) in [4.78, 5) is 0. The molecule has 0 aromatic carbocycles. The highest BCUT2D eigenvalue weighted by Gasteiger charge is 1.94. The molecule has 66 valence electrons. The summed E-state index contributed by atoms with van der Waals surface area (Å²) in [6.07, 6.45) is 0. The number of aryl methyl sites for hydroxylation is 1. The lowest BCUT2D eigenvalue weighted by Crippen LogP contribution is -2.05. The Balaban J connectivity index is 2.37. The predicted molar refractivity (Wildman–Crippen MR) is 44.1 cm³/mol. The summed E-state index contributed by atoms with van der Waals surface area (Å²) in [5, 5.41) is 7.66. The second-order valence-electron chi connectivity index (χ2n) is 2.35. The van der Waals surface area contributed by atoms with Gasteiger partial charge < -0.3 is 9.47 Å². The van der Waals surface area contributed by atoms with E-state index in [9.17, 15) is 0 Å². The van der Waals surface area contributed by atoms with E-state index in [1.807, 2.05) is 13.0 Å². The highest BCUT2D eigenvalue weighted by molar-refractivity contribution is 5.09. The molecule has 0 unspecified atom stereocenters. The quantitative estimate of drug-likeness (QED) is 0.624. The van der Waals surface area contributed by atoms with E-state index in [1.54, 1.807) is 13.2 Å². The number of aromatic nitrogens is 2. The van der Waals surface area contributed by atoms with Crippen LogP contribution in [0.2, 0.25) is 0 Å². The lowest BCUT2D eigenvalue weighted by Gasteiger charge is -2.02. The summed E-state index contributed by atoms with van der Waals surface area (Å²) < 4.78 is 10.0. The average molecular weight is 168 g/mol. The van der Waals surface area contributed by atoms with E-state index in [1.165, 1.54) is 0 Å². The molecule has 1 heterocycles. The van der Waals surface area contributed by atoms with E-state index >= 15 is 0 Å². The molecular weight excluding hydrogens is 156 g/mol. The maximum Gasteiger partial charge on any atom is 0.233 e. The molecule has 0 saturated heterocycles. The van der Waals surface area contributed by atoms with Crippen LogP contribution in [0.15, 0.2) is 12.1 Å². The van der Waals surface area contributed by atoms with Gasteiger partial charge in [0.15, 0.2) is 0 Å². The number of ether oxygens (including phenoxy) is 2. The lowest BCUT2D eigenvalue weighted by molar-refractivity contribution is 0.143. The van der Waals surface area contributed by atoms with Crippen LogP contribution in [-0.2, 0) is 4.74 Å². The second kappa shape index (κ2) is 4.66. The van der Waals surface area contributed by atoms with Gasteiger partial charge in [-0.3, -0.25) is 0 Å². The first-order valence-electron chi connectivity index (χ1n) is 3.75. The Kier molecular flexibility index (Phi) is 3.47. The van der Waals surface area contributed by atoms with Crippen LogP contribution in [-0.4, -0.2) is 30.5 Å². The van der Waals surface area contributed by atoms with Crippen molar-refractivity contribution in [2.45, 2.75) is 6.92 Å². The van der Waals surface area contributed by atoms with Gasteiger partial charge in [0.25, 0.3) is 0 Å². The molecule has 0 spiro atoms. The predicted octanol–water partition coefficient (Wildman–Crippen LogP) is 0.810. The van der Waals surface area contributed by atoms with Crippen molar-refractivity contribution < 1.29 is 9.47 Å². The van der Waals surface area contributed by atoms with Gasteiger partial charge >= 0.3 is 0 Å². The first kappa shape index (κ1) is 8.93. The third-order valence-electron chi connectivity index (χ3n) is 1.31. The van der Waals surface area contributed by atoms with Crippen LogP contribution in [0, 0.1) is 6.92 Å². The summed E-state index contributed by atoms with van der Waals surface area (Å²) in [5.41, 5.74) is 0.883. The molecule has 0 radical (unpaired) electrons. The van der Waals surface area contributed by atoms with E-state index < -0.39 is 0 Å². The topological polar surface area (TPSA) is 44.2 Å². The standard InChI is InChI=1S/C8H12N2O2/c1-7-3-4-8(10-9-7)12-6-5-11-2/h3-4H,5-6H2,1-2H3. The van der Waals surface area contributed by atoms with Gasteiger partial charge in [-0.2, -0.15) is 5.10 Å². The van der Waals surface area contributed by atoms with Crippen molar-refractivity contribution in [1.82, 2.24) is 10.2 Å². The number of rotatable bonds is 4. The van der Waals surface area contributed by atoms with Crippen LogP contribution < -0.4 is 4.74 Å². The fourth-order valence-corrected chi connectivity index (χ4v) is 0.693. The molecule has 0 N–H and O–H groups in total. The maximum absolute atomic E-state index is 5.20. The summed E-state index contributed by atoms with van der Waals surface area (Å²) in [6.45, 7) is 2.95. The smallest absolute Gasteiger partial charge is 0.233 e. The van der Waals surface area contributed by atoms with Crippen molar-refractivity contribution in [2.75, 3.05) is 20.3 Å².